The van der Waals surface area contributed by atoms with Gasteiger partial charge < -0.3 is 24.6 Å². The molecule has 0 radical (unpaired) electrons. The van der Waals surface area contributed by atoms with Crippen molar-refractivity contribution < 1.29 is 19.1 Å². The maximum absolute atomic E-state index is 13.5. The predicted octanol–water partition coefficient (Wildman–Crippen LogP) is 4.89. The van der Waals surface area contributed by atoms with Gasteiger partial charge in [-0.25, -0.2) is 4.98 Å². The highest BCUT2D eigenvalue weighted by molar-refractivity contribution is 7.13. The SMILES string of the molecule is CCOc1ccc(OCC)c(NC(=O)C2CCN(c3c(C(=O)N4CCCC4)cnc4snc(C)c34)CC2)c1. The average molecular weight is 538 g/mol. The zero-order valence-corrected chi connectivity index (χ0v) is 23.1. The van der Waals surface area contributed by atoms with Crippen molar-refractivity contribution in [3.05, 3.63) is 35.7 Å². The lowest BCUT2D eigenvalue weighted by atomic mass is 9.94. The number of aryl methyl sites for hydroxylation is 1. The van der Waals surface area contributed by atoms with Crippen molar-refractivity contribution in [1.82, 2.24) is 14.3 Å². The van der Waals surface area contributed by atoms with Crippen LogP contribution < -0.4 is 19.7 Å². The van der Waals surface area contributed by atoms with Gasteiger partial charge in [0.1, 0.15) is 16.3 Å². The van der Waals surface area contributed by atoms with Crippen LogP contribution in [0.2, 0.25) is 0 Å². The van der Waals surface area contributed by atoms with E-state index in [0.29, 0.717) is 61.9 Å². The molecule has 9 nitrogen and oxygen atoms in total. The Balaban J connectivity index is 1.34. The largest absolute Gasteiger partial charge is 0.494 e. The van der Waals surface area contributed by atoms with Gasteiger partial charge in [0.2, 0.25) is 5.91 Å². The molecule has 2 saturated heterocycles. The standard InChI is InChI=1S/C28H35N5O4S/c1-4-36-20-8-9-23(37-5-2)22(16-20)30-26(34)19-10-14-32(15-11-19)25-21(28(35)33-12-6-7-13-33)17-29-27-24(25)18(3)31-38-27/h8-9,16-17,19H,4-7,10-15H2,1-3H3,(H,30,34). The van der Waals surface area contributed by atoms with E-state index in [1.54, 1.807) is 6.20 Å². The van der Waals surface area contributed by atoms with Crippen LogP contribution in [0.25, 0.3) is 10.2 Å². The Bertz CT molecular complexity index is 1310. The fourth-order valence-corrected chi connectivity index (χ4v) is 6.11. The summed E-state index contributed by atoms with van der Waals surface area (Å²) < 4.78 is 15.9. The normalized spacial score (nSPS) is 16.2. The number of nitrogens with one attached hydrogen (secondary N) is 1. The molecular weight excluding hydrogens is 502 g/mol. The smallest absolute Gasteiger partial charge is 0.257 e. The summed E-state index contributed by atoms with van der Waals surface area (Å²) in [5, 5.41) is 4.03. The first-order valence-electron chi connectivity index (χ1n) is 13.5. The minimum absolute atomic E-state index is 0.0270. The number of aromatic nitrogens is 2. The van der Waals surface area contributed by atoms with Crippen molar-refractivity contribution >= 4 is 44.9 Å². The molecule has 38 heavy (non-hydrogen) atoms. The predicted molar refractivity (Wildman–Crippen MR) is 150 cm³/mol. The quantitative estimate of drug-likeness (QED) is 0.437. The first kappa shape index (κ1) is 26.2. The van der Waals surface area contributed by atoms with Crippen LogP contribution in [0.4, 0.5) is 11.4 Å². The number of anilines is 2. The number of likely N-dealkylation sites (tertiary alicyclic amines) is 1. The van der Waals surface area contributed by atoms with Crippen molar-refractivity contribution in [3.8, 4) is 11.5 Å². The van der Waals surface area contributed by atoms with Crippen molar-refractivity contribution in [2.24, 2.45) is 5.92 Å². The van der Waals surface area contributed by atoms with Crippen LogP contribution in [0.3, 0.4) is 0 Å². The number of carbonyl (C=O) groups excluding carboxylic acids is 2. The number of nitrogens with zero attached hydrogens (tertiary/aromatic N) is 4. The third-order valence-electron chi connectivity index (χ3n) is 7.27. The van der Waals surface area contributed by atoms with E-state index in [1.807, 2.05) is 43.9 Å². The molecule has 1 aromatic carbocycles. The van der Waals surface area contributed by atoms with Gasteiger partial charge >= 0.3 is 0 Å². The van der Waals surface area contributed by atoms with Gasteiger partial charge in [0.25, 0.3) is 5.91 Å². The lowest BCUT2D eigenvalue weighted by Crippen LogP contribution is -2.39. The molecule has 5 rings (SSSR count). The summed E-state index contributed by atoms with van der Waals surface area (Å²) in [6.45, 7) is 9.78. The van der Waals surface area contributed by atoms with Crippen molar-refractivity contribution in [2.45, 2.75) is 46.5 Å². The summed E-state index contributed by atoms with van der Waals surface area (Å²) >= 11 is 1.36. The molecule has 0 saturated carbocycles. The Hall–Kier alpha value is -3.40. The number of amides is 2. The summed E-state index contributed by atoms with van der Waals surface area (Å²) in [6.07, 6.45) is 5.15. The van der Waals surface area contributed by atoms with Crippen LogP contribution in [0.15, 0.2) is 24.4 Å². The van der Waals surface area contributed by atoms with Gasteiger partial charge in [0, 0.05) is 44.4 Å². The number of piperidine rings is 1. The number of fused-ring (bicyclic) bond motifs is 1. The molecule has 2 amide bonds. The minimum Gasteiger partial charge on any atom is -0.494 e. The van der Waals surface area contributed by atoms with Crippen molar-refractivity contribution in [3.63, 3.8) is 0 Å². The molecule has 2 aliphatic rings. The number of ether oxygens (including phenoxy) is 2. The van der Waals surface area contributed by atoms with Crippen LogP contribution in [0.5, 0.6) is 11.5 Å². The lowest BCUT2D eigenvalue weighted by Gasteiger charge is -2.35. The summed E-state index contributed by atoms with van der Waals surface area (Å²) in [4.78, 5) is 36.4. The third-order valence-corrected chi connectivity index (χ3v) is 8.12. The molecule has 0 spiro atoms. The second kappa shape index (κ2) is 11.6. The lowest BCUT2D eigenvalue weighted by molar-refractivity contribution is -0.120. The second-order valence-electron chi connectivity index (χ2n) is 9.74. The fraction of sp³-hybridized carbons (Fsp3) is 0.500. The molecule has 2 aromatic heterocycles. The van der Waals surface area contributed by atoms with E-state index in [9.17, 15) is 9.59 Å². The van der Waals surface area contributed by atoms with Crippen LogP contribution in [-0.4, -0.2) is 65.5 Å². The molecule has 1 N–H and O–H groups in total. The minimum atomic E-state index is -0.145. The van der Waals surface area contributed by atoms with Crippen LogP contribution in [0.1, 0.15) is 55.6 Å². The van der Waals surface area contributed by atoms with E-state index in [2.05, 4.69) is 19.6 Å². The number of rotatable bonds is 8. The van der Waals surface area contributed by atoms with E-state index in [0.717, 1.165) is 47.5 Å². The molecular formula is C28H35N5O4S. The molecule has 0 aliphatic carbocycles. The van der Waals surface area contributed by atoms with E-state index in [1.165, 1.54) is 11.5 Å². The Morgan fingerprint density at radius 3 is 2.53 bits per heavy atom. The molecule has 10 heteroatoms. The molecule has 202 valence electrons. The van der Waals surface area contributed by atoms with Gasteiger partial charge in [0.05, 0.1) is 41.2 Å². The van der Waals surface area contributed by atoms with E-state index in [4.69, 9.17) is 9.47 Å². The van der Waals surface area contributed by atoms with E-state index in [-0.39, 0.29) is 17.7 Å². The summed E-state index contributed by atoms with van der Waals surface area (Å²) in [5.41, 5.74) is 3.07. The molecule has 0 bridgehead atoms. The Morgan fingerprint density at radius 2 is 1.82 bits per heavy atom. The molecule has 0 unspecified atom stereocenters. The number of carbonyl (C=O) groups is 2. The summed E-state index contributed by atoms with van der Waals surface area (Å²) in [7, 11) is 0. The average Bonchev–Trinajstić information content (AvgIpc) is 3.60. The van der Waals surface area contributed by atoms with Gasteiger partial charge in [-0.15, -0.1) is 0 Å². The third kappa shape index (κ3) is 5.27. The van der Waals surface area contributed by atoms with Gasteiger partial charge in [-0.1, -0.05) is 0 Å². The van der Waals surface area contributed by atoms with Crippen molar-refractivity contribution in [1.29, 1.82) is 0 Å². The Morgan fingerprint density at radius 1 is 1.08 bits per heavy atom. The second-order valence-corrected chi connectivity index (χ2v) is 10.5. The zero-order valence-electron chi connectivity index (χ0n) is 22.3. The highest BCUT2D eigenvalue weighted by Crippen LogP contribution is 2.37. The highest BCUT2D eigenvalue weighted by Gasteiger charge is 2.31. The van der Waals surface area contributed by atoms with Gasteiger partial charge in [0.15, 0.2) is 0 Å². The molecule has 4 heterocycles. The first-order valence-corrected chi connectivity index (χ1v) is 14.3. The van der Waals surface area contributed by atoms with Gasteiger partial charge in [-0.05, 0) is 70.1 Å². The van der Waals surface area contributed by atoms with E-state index >= 15 is 0 Å². The number of pyridine rings is 1. The van der Waals surface area contributed by atoms with Gasteiger partial charge in [-0.3, -0.25) is 9.59 Å². The zero-order chi connectivity index (χ0) is 26.6. The van der Waals surface area contributed by atoms with Crippen LogP contribution in [0, 0.1) is 12.8 Å². The summed E-state index contributed by atoms with van der Waals surface area (Å²) in [6, 6.07) is 5.50. The van der Waals surface area contributed by atoms with Crippen LogP contribution >= 0.6 is 11.5 Å². The number of benzene rings is 1. The first-order chi connectivity index (χ1) is 18.5. The maximum Gasteiger partial charge on any atom is 0.257 e. The topological polar surface area (TPSA) is 96.9 Å². The van der Waals surface area contributed by atoms with Crippen molar-refractivity contribution in [2.75, 3.05) is 49.6 Å². The Kier molecular flexibility index (Phi) is 7.97. The fourth-order valence-electron chi connectivity index (χ4n) is 5.36. The molecule has 3 aromatic rings. The highest BCUT2D eigenvalue weighted by atomic mass is 32.1. The molecule has 0 atom stereocenters. The number of hydrogen-bond donors (Lipinski definition) is 1. The molecule has 2 aliphatic heterocycles. The van der Waals surface area contributed by atoms with E-state index < -0.39 is 0 Å². The summed E-state index contributed by atoms with van der Waals surface area (Å²) in [5.74, 6) is 1.19. The monoisotopic (exact) mass is 537 g/mol. The number of hydrogen-bond acceptors (Lipinski definition) is 8. The van der Waals surface area contributed by atoms with Crippen LogP contribution in [-0.2, 0) is 4.79 Å². The van der Waals surface area contributed by atoms with Gasteiger partial charge in [-0.2, -0.15) is 4.37 Å². The molecule has 2 fully saturated rings. The maximum atomic E-state index is 13.5. The Labute approximate surface area is 227 Å².